The molecule has 36 heavy (non-hydrogen) atoms. The lowest BCUT2D eigenvalue weighted by molar-refractivity contribution is -0.115. The zero-order valence-electron chi connectivity index (χ0n) is 19.1. The van der Waals surface area contributed by atoms with Gasteiger partial charge in [0.15, 0.2) is 0 Å². The predicted octanol–water partition coefficient (Wildman–Crippen LogP) is 5.06. The van der Waals surface area contributed by atoms with Gasteiger partial charge >= 0.3 is 6.18 Å². The lowest BCUT2D eigenvalue weighted by Gasteiger charge is -2.13. The number of rotatable bonds is 6. The highest BCUT2D eigenvalue weighted by Gasteiger charge is 2.29. The van der Waals surface area contributed by atoms with Crippen molar-refractivity contribution in [3.63, 3.8) is 0 Å². The Bertz CT molecular complexity index is 1380. The van der Waals surface area contributed by atoms with E-state index in [1.165, 1.54) is 43.4 Å². The third kappa shape index (κ3) is 5.69. The number of pyridine rings is 1. The number of carbonyl (C=O) groups is 2. The minimum absolute atomic E-state index is 0.0853. The van der Waals surface area contributed by atoms with Crippen molar-refractivity contribution in [1.29, 1.82) is 0 Å². The first-order chi connectivity index (χ1) is 17.2. The molecule has 4 aromatic rings. The fourth-order valence-electron chi connectivity index (χ4n) is 3.50. The SMILES string of the molecule is CNC(=O)c1c(-c2ccc(F)cc2)oc2nc(NCC(F)(F)F)c(-c3cccc(C=O)c3)cc12.CO. The van der Waals surface area contributed by atoms with Crippen LogP contribution in [0.2, 0.25) is 0 Å². The Hall–Kier alpha value is -4.25. The number of benzene rings is 2. The van der Waals surface area contributed by atoms with Crippen molar-refractivity contribution in [2.45, 2.75) is 6.18 Å². The van der Waals surface area contributed by atoms with E-state index in [4.69, 9.17) is 9.52 Å². The molecule has 0 atom stereocenters. The Morgan fingerprint density at radius 1 is 1.08 bits per heavy atom. The normalized spacial score (nSPS) is 11.0. The number of fused-ring (bicyclic) bond motifs is 1. The second kappa shape index (κ2) is 11.0. The average Bonchev–Trinajstić information content (AvgIpc) is 3.26. The second-order valence-corrected chi connectivity index (χ2v) is 7.34. The molecular formula is C25H21F4N3O4. The highest BCUT2D eigenvalue weighted by Crippen LogP contribution is 2.38. The van der Waals surface area contributed by atoms with E-state index in [1.54, 1.807) is 18.2 Å². The number of furan rings is 1. The van der Waals surface area contributed by atoms with E-state index >= 15 is 0 Å². The van der Waals surface area contributed by atoms with E-state index in [2.05, 4.69) is 15.6 Å². The summed E-state index contributed by atoms with van der Waals surface area (Å²) in [7, 11) is 2.41. The van der Waals surface area contributed by atoms with Gasteiger partial charge in [0.1, 0.15) is 30.2 Å². The van der Waals surface area contributed by atoms with E-state index in [0.29, 0.717) is 23.0 Å². The van der Waals surface area contributed by atoms with Gasteiger partial charge in [-0.2, -0.15) is 18.2 Å². The molecule has 0 aliphatic heterocycles. The summed E-state index contributed by atoms with van der Waals surface area (Å²) in [5.41, 5.74) is 1.34. The highest BCUT2D eigenvalue weighted by atomic mass is 19.4. The molecule has 4 rings (SSSR count). The number of nitrogens with zero attached hydrogens (tertiary/aromatic N) is 1. The zero-order valence-corrected chi connectivity index (χ0v) is 19.1. The number of alkyl halides is 3. The number of aliphatic hydroxyl groups is 1. The van der Waals surface area contributed by atoms with Gasteiger partial charge in [0.25, 0.3) is 5.91 Å². The van der Waals surface area contributed by atoms with Gasteiger partial charge in [-0.3, -0.25) is 9.59 Å². The fraction of sp³-hybridized carbons (Fsp3) is 0.160. The monoisotopic (exact) mass is 503 g/mol. The standard InChI is InChI=1S/C24H17F4N3O3.CH4O/c1-29-22(33)19-18-10-17(15-4-2-3-13(9-15)11-32)21(30-12-24(26,27)28)31-23(18)34-20(19)14-5-7-16(25)8-6-14;1-2/h2-11H,12H2,1H3,(H,29,33)(H,30,31);2H,1H3. The molecule has 0 saturated carbocycles. The summed E-state index contributed by atoms with van der Waals surface area (Å²) in [6, 6.07) is 12.9. The Balaban J connectivity index is 0.00000176. The molecule has 0 aliphatic carbocycles. The van der Waals surface area contributed by atoms with Crippen molar-refractivity contribution in [2.75, 3.05) is 26.0 Å². The van der Waals surface area contributed by atoms with Crippen molar-refractivity contribution in [1.82, 2.24) is 10.3 Å². The number of aromatic nitrogens is 1. The summed E-state index contributed by atoms with van der Waals surface area (Å²) in [4.78, 5) is 28.2. The number of halogens is 4. The lowest BCUT2D eigenvalue weighted by atomic mass is 10.0. The van der Waals surface area contributed by atoms with Crippen LogP contribution in [0.3, 0.4) is 0 Å². The number of hydrogen-bond acceptors (Lipinski definition) is 6. The quantitative estimate of drug-likeness (QED) is 0.251. The van der Waals surface area contributed by atoms with Gasteiger partial charge < -0.3 is 20.2 Å². The maximum atomic E-state index is 13.4. The number of aliphatic hydroxyl groups excluding tert-OH is 1. The van der Waals surface area contributed by atoms with Crippen LogP contribution < -0.4 is 10.6 Å². The topological polar surface area (TPSA) is 104 Å². The minimum atomic E-state index is -4.52. The minimum Gasteiger partial charge on any atom is -0.437 e. The molecule has 188 valence electrons. The van der Waals surface area contributed by atoms with Crippen LogP contribution in [0.15, 0.2) is 59.0 Å². The molecule has 2 heterocycles. The Labute approximate surface area is 202 Å². The molecule has 0 unspecified atom stereocenters. The van der Waals surface area contributed by atoms with Gasteiger partial charge in [0.05, 0.1) is 10.9 Å². The number of amides is 1. The van der Waals surface area contributed by atoms with Gasteiger partial charge in [0.2, 0.25) is 5.71 Å². The summed E-state index contributed by atoms with van der Waals surface area (Å²) >= 11 is 0. The molecule has 7 nitrogen and oxygen atoms in total. The first-order valence-electron chi connectivity index (χ1n) is 10.5. The van der Waals surface area contributed by atoms with E-state index in [9.17, 15) is 27.2 Å². The molecule has 2 aromatic carbocycles. The molecule has 3 N–H and O–H groups in total. The Morgan fingerprint density at radius 3 is 2.39 bits per heavy atom. The summed E-state index contributed by atoms with van der Waals surface area (Å²) in [5.74, 6) is -1.07. The first-order valence-corrected chi connectivity index (χ1v) is 10.5. The van der Waals surface area contributed by atoms with Crippen molar-refractivity contribution in [2.24, 2.45) is 0 Å². The van der Waals surface area contributed by atoms with Crippen molar-refractivity contribution >= 4 is 29.1 Å². The number of anilines is 1. The molecular weight excluding hydrogens is 482 g/mol. The molecule has 11 heteroatoms. The van der Waals surface area contributed by atoms with E-state index in [-0.39, 0.29) is 33.8 Å². The maximum absolute atomic E-state index is 13.4. The molecule has 1 amide bonds. The van der Waals surface area contributed by atoms with Gasteiger partial charge in [0, 0.05) is 30.8 Å². The predicted molar refractivity (Wildman–Crippen MR) is 126 cm³/mol. The van der Waals surface area contributed by atoms with Crippen molar-refractivity contribution < 1.29 is 36.7 Å². The second-order valence-electron chi connectivity index (χ2n) is 7.34. The maximum Gasteiger partial charge on any atom is 0.405 e. The highest BCUT2D eigenvalue weighted by molar-refractivity contribution is 6.11. The summed E-state index contributed by atoms with van der Waals surface area (Å²) in [5, 5.41) is 12.0. The third-order valence-corrected chi connectivity index (χ3v) is 5.03. The molecule has 0 bridgehead atoms. The van der Waals surface area contributed by atoms with Crippen LogP contribution in [0, 0.1) is 5.82 Å². The summed E-state index contributed by atoms with van der Waals surface area (Å²) in [6.45, 7) is -1.36. The Morgan fingerprint density at radius 2 is 1.78 bits per heavy atom. The van der Waals surface area contributed by atoms with Gasteiger partial charge in [-0.05, 0) is 42.0 Å². The lowest BCUT2D eigenvalue weighted by Crippen LogP contribution is -2.22. The Kier molecular flexibility index (Phi) is 8.05. The van der Waals surface area contributed by atoms with E-state index in [0.717, 1.165) is 7.11 Å². The van der Waals surface area contributed by atoms with Crippen LogP contribution in [0.1, 0.15) is 20.7 Å². The first kappa shape index (κ1) is 26.4. The van der Waals surface area contributed by atoms with Crippen LogP contribution >= 0.6 is 0 Å². The third-order valence-electron chi connectivity index (χ3n) is 5.03. The van der Waals surface area contributed by atoms with Gasteiger partial charge in [-0.1, -0.05) is 18.2 Å². The van der Waals surface area contributed by atoms with Crippen LogP contribution in [0.25, 0.3) is 33.6 Å². The van der Waals surface area contributed by atoms with Crippen LogP contribution in [0.5, 0.6) is 0 Å². The summed E-state index contributed by atoms with van der Waals surface area (Å²) in [6.07, 6.45) is -3.91. The zero-order chi connectivity index (χ0) is 26.5. The van der Waals surface area contributed by atoms with Crippen molar-refractivity contribution in [3.05, 3.63) is 71.5 Å². The number of nitrogens with one attached hydrogen (secondary N) is 2. The summed E-state index contributed by atoms with van der Waals surface area (Å²) < 4.78 is 58.0. The fourth-order valence-corrected chi connectivity index (χ4v) is 3.50. The molecule has 2 aromatic heterocycles. The molecule has 0 aliphatic rings. The molecule has 0 saturated heterocycles. The number of aldehydes is 1. The molecule has 0 fully saturated rings. The van der Waals surface area contributed by atoms with Crippen LogP contribution in [-0.2, 0) is 0 Å². The van der Waals surface area contributed by atoms with E-state index in [1.807, 2.05) is 0 Å². The van der Waals surface area contributed by atoms with Gasteiger partial charge in [-0.25, -0.2) is 4.39 Å². The molecule has 0 spiro atoms. The average molecular weight is 503 g/mol. The van der Waals surface area contributed by atoms with Crippen molar-refractivity contribution in [3.8, 4) is 22.5 Å². The van der Waals surface area contributed by atoms with E-state index < -0.39 is 24.4 Å². The van der Waals surface area contributed by atoms with Crippen LogP contribution in [0.4, 0.5) is 23.4 Å². The largest absolute Gasteiger partial charge is 0.437 e. The number of carbonyl (C=O) groups excluding carboxylic acids is 2. The number of hydrogen-bond donors (Lipinski definition) is 3. The smallest absolute Gasteiger partial charge is 0.405 e. The van der Waals surface area contributed by atoms with Crippen LogP contribution in [-0.4, -0.2) is 49.2 Å². The van der Waals surface area contributed by atoms with Gasteiger partial charge in [-0.15, -0.1) is 0 Å². The molecule has 0 radical (unpaired) electrons.